The number of carboxylic acid groups (broad SMARTS) is 1. The highest BCUT2D eigenvalue weighted by Crippen LogP contribution is 2.28. The van der Waals surface area contributed by atoms with Crippen LogP contribution in [0.5, 0.6) is 0 Å². The molecule has 1 saturated carbocycles. The van der Waals surface area contributed by atoms with Gasteiger partial charge in [-0.05, 0) is 25.7 Å². The lowest BCUT2D eigenvalue weighted by molar-refractivity contribution is 0.0701. The van der Waals surface area contributed by atoms with Crippen LogP contribution in [0.4, 0.5) is 5.13 Å². The van der Waals surface area contributed by atoms with Gasteiger partial charge in [0, 0.05) is 6.54 Å². The maximum absolute atomic E-state index is 10.9. The summed E-state index contributed by atoms with van der Waals surface area (Å²) in [4.78, 5) is 15.5. The Morgan fingerprint density at radius 2 is 2.22 bits per heavy atom. The topological polar surface area (TPSA) is 62.2 Å². The number of thiazole rings is 1. The van der Waals surface area contributed by atoms with Crippen molar-refractivity contribution in [2.75, 3.05) is 11.9 Å². The normalized spacial score (nSPS) is 16.1. The largest absolute Gasteiger partial charge is 0.477 e. The molecule has 0 aliphatic heterocycles. The number of anilines is 1. The third-order valence-corrected chi connectivity index (χ3v) is 4.63. The van der Waals surface area contributed by atoms with Gasteiger partial charge in [0.2, 0.25) is 0 Å². The van der Waals surface area contributed by atoms with E-state index >= 15 is 0 Å². The van der Waals surface area contributed by atoms with Crippen molar-refractivity contribution in [2.24, 2.45) is 5.92 Å². The monoisotopic (exact) mass is 268 g/mol. The van der Waals surface area contributed by atoms with E-state index in [2.05, 4.69) is 10.3 Å². The first-order valence-corrected chi connectivity index (χ1v) is 7.43. The highest BCUT2D eigenvalue weighted by Gasteiger charge is 2.15. The quantitative estimate of drug-likeness (QED) is 0.775. The van der Waals surface area contributed by atoms with Crippen molar-refractivity contribution in [2.45, 2.75) is 45.4 Å². The number of nitrogens with zero attached hydrogens (tertiary/aromatic N) is 1. The number of aromatic nitrogens is 1. The number of carboxylic acids is 1. The molecule has 4 nitrogen and oxygen atoms in total. The van der Waals surface area contributed by atoms with Crippen molar-refractivity contribution in [1.29, 1.82) is 0 Å². The standard InChI is InChI=1S/C13H20N2O2S/c1-9-11(12(16)17)18-13(15-9)14-8-4-7-10-5-2-3-6-10/h10H,2-8H2,1H3,(H,14,15)(H,16,17). The number of hydrogen-bond acceptors (Lipinski definition) is 4. The van der Waals surface area contributed by atoms with Crippen molar-refractivity contribution in [3.63, 3.8) is 0 Å². The van der Waals surface area contributed by atoms with Crippen LogP contribution in [0.15, 0.2) is 0 Å². The number of aromatic carboxylic acids is 1. The van der Waals surface area contributed by atoms with E-state index in [1.807, 2.05) is 0 Å². The Hall–Kier alpha value is -1.10. The van der Waals surface area contributed by atoms with Crippen LogP contribution < -0.4 is 5.32 Å². The van der Waals surface area contributed by atoms with Gasteiger partial charge in [-0.2, -0.15) is 0 Å². The van der Waals surface area contributed by atoms with Crippen LogP contribution in [0.25, 0.3) is 0 Å². The van der Waals surface area contributed by atoms with Crippen molar-refractivity contribution >= 4 is 22.4 Å². The molecule has 1 heterocycles. The average Bonchev–Trinajstić information content (AvgIpc) is 2.94. The Balaban J connectivity index is 1.72. The molecule has 1 aliphatic rings. The Morgan fingerprint density at radius 3 is 2.83 bits per heavy atom. The van der Waals surface area contributed by atoms with Crippen LogP contribution in [-0.4, -0.2) is 22.6 Å². The number of hydrogen-bond donors (Lipinski definition) is 2. The van der Waals surface area contributed by atoms with Gasteiger partial charge in [0.15, 0.2) is 5.13 Å². The third-order valence-electron chi connectivity index (χ3n) is 3.53. The SMILES string of the molecule is Cc1nc(NCCCC2CCCC2)sc1C(=O)O. The minimum atomic E-state index is -0.885. The molecule has 5 heteroatoms. The molecule has 0 atom stereocenters. The maximum atomic E-state index is 10.9. The molecule has 0 saturated heterocycles. The lowest BCUT2D eigenvalue weighted by Gasteiger charge is -2.08. The van der Waals surface area contributed by atoms with Crippen LogP contribution in [0.3, 0.4) is 0 Å². The van der Waals surface area contributed by atoms with Gasteiger partial charge in [0.05, 0.1) is 5.69 Å². The second-order valence-corrected chi connectivity index (χ2v) is 5.96. The van der Waals surface area contributed by atoms with Gasteiger partial charge in [-0.25, -0.2) is 9.78 Å². The first-order chi connectivity index (χ1) is 8.66. The van der Waals surface area contributed by atoms with Crippen LogP contribution in [0, 0.1) is 12.8 Å². The summed E-state index contributed by atoms with van der Waals surface area (Å²) >= 11 is 1.23. The average molecular weight is 268 g/mol. The van der Waals surface area contributed by atoms with Crippen LogP contribution in [-0.2, 0) is 0 Å². The number of nitrogens with one attached hydrogen (secondary N) is 1. The minimum Gasteiger partial charge on any atom is -0.477 e. The second kappa shape index (κ2) is 6.18. The molecule has 100 valence electrons. The fourth-order valence-corrected chi connectivity index (χ4v) is 3.39. The molecular weight excluding hydrogens is 248 g/mol. The zero-order valence-corrected chi connectivity index (χ0v) is 11.6. The molecule has 18 heavy (non-hydrogen) atoms. The summed E-state index contributed by atoms with van der Waals surface area (Å²) in [6.45, 7) is 2.63. The Labute approximate surface area is 111 Å². The van der Waals surface area contributed by atoms with Crippen molar-refractivity contribution < 1.29 is 9.90 Å². The van der Waals surface area contributed by atoms with E-state index in [9.17, 15) is 4.79 Å². The molecule has 1 aromatic heterocycles. The van der Waals surface area contributed by atoms with E-state index in [0.717, 1.165) is 24.0 Å². The van der Waals surface area contributed by atoms with Gasteiger partial charge in [-0.1, -0.05) is 37.0 Å². The lowest BCUT2D eigenvalue weighted by atomic mass is 10.0. The number of rotatable bonds is 6. The predicted molar refractivity (Wildman–Crippen MR) is 73.5 cm³/mol. The second-order valence-electron chi connectivity index (χ2n) is 4.96. The van der Waals surface area contributed by atoms with E-state index in [1.54, 1.807) is 6.92 Å². The number of carbonyl (C=O) groups is 1. The van der Waals surface area contributed by atoms with E-state index in [1.165, 1.54) is 43.4 Å². The fourth-order valence-electron chi connectivity index (χ4n) is 2.56. The zero-order chi connectivity index (χ0) is 13.0. The van der Waals surface area contributed by atoms with Gasteiger partial charge in [-0.3, -0.25) is 0 Å². The third kappa shape index (κ3) is 3.45. The van der Waals surface area contributed by atoms with Crippen LogP contribution in [0.1, 0.15) is 53.9 Å². The van der Waals surface area contributed by atoms with Gasteiger partial charge >= 0.3 is 5.97 Å². The first kappa shape index (κ1) is 13.3. The van der Waals surface area contributed by atoms with Gasteiger partial charge in [0.25, 0.3) is 0 Å². The molecule has 2 N–H and O–H groups in total. The van der Waals surface area contributed by atoms with E-state index in [0.29, 0.717) is 10.6 Å². The molecular formula is C13H20N2O2S. The lowest BCUT2D eigenvalue weighted by Crippen LogP contribution is -2.03. The highest BCUT2D eigenvalue weighted by atomic mass is 32.1. The van der Waals surface area contributed by atoms with Gasteiger partial charge in [0.1, 0.15) is 4.88 Å². The van der Waals surface area contributed by atoms with Gasteiger partial charge in [-0.15, -0.1) is 0 Å². The van der Waals surface area contributed by atoms with E-state index in [-0.39, 0.29) is 0 Å². The Bertz CT molecular complexity index is 411. The molecule has 0 spiro atoms. The summed E-state index contributed by atoms with van der Waals surface area (Å²) in [5, 5.41) is 12.9. The molecule has 1 aliphatic carbocycles. The van der Waals surface area contributed by atoms with Crippen molar-refractivity contribution in [3.8, 4) is 0 Å². The summed E-state index contributed by atoms with van der Waals surface area (Å²) in [6, 6.07) is 0. The fraction of sp³-hybridized carbons (Fsp3) is 0.692. The molecule has 0 amide bonds. The molecule has 0 aromatic carbocycles. The summed E-state index contributed by atoms with van der Waals surface area (Å²) in [7, 11) is 0. The van der Waals surface area contributed by atoms with Crippen LogP contribution >= 0.6 is 11.3 Å². The summed E-state index contributed by atoms with van der Waals surface area (Å²) in [5.41, 5.74) is 0.603. The predicted octanol–water partition coefficient (Wildman–Crippen LogP) is 3.53. The zero-order valence-electron chi connectivity index (χ0n) is 10.7. The smallest absolute Gasteiger partial charge is 0.347 e. The van der Waals surface area contributed by atoms with Crippen molar-refractivity contribution in [1.82, 2.24) is 4.98 Å². The summed E-state index contributed by atoms with van der Waals surface area (Å²) in [6.07, 6.45) is 7.99. The maximum Gasteiger partial charge on any atom is 0.347 e. The Morgan fingerprint density at radius 1 is 1.50 bits per heavy atom. The molecule has 0 radical (unpaired) electrons. The van der Waals surface area contributed by atoms with E-state index < -0.39 is 5.97 Å². The molecule has 0 unspecified atom stereocenters. The van der Waals surface area contributed by atoms with E-state index in [4.69, 9.17) is 5.11 Å². The summed E-state index contributed by atoms with van der Waals surface area (Å²) in [5.74, 6) is 0.0309. The van der Waals surface area contributed by atoms with Crippen LogP contribution in [0.2, 0.25) is 0 Å². The van der Waals surface area contributed by atoms with Gasteiger partial charge < -0.3 is 10.4 Å². The van der Waals surface area contributed by atoms with Crippen molar-refractivity contribution in [3.05, 3.63) is 10.6 Å². The molecule has 1 aromatic rings. The Kier molecular flexibility index (Phi) is 4.58. The first-order valence-electron chi connectivity index (χ1n) is 6.61. The molecule has 1 fully saturated rings. The minimum absolute atomic E-state index is 0.341. The molecule has 2 rings (SSSR count). The highest BCUT2D eigenvalue weighted by molar-refractivity contribution is 7.17. The summed E-state index contributed by atoms with van der Waals surface area (Å²) < 4.78 is 0. The molecule has 0 bridgehead atoms. The number of aryl methyl sites for hydroxylation is 1.